The van der Waals surface area contributed by atoms with Gasteiger partial charge in [-0.3, -0.25) is 4.79 Å². The minimum absolute atomic E-state index is 0.128. The largest absolute Gasteiger partial charge is 0.295 e. The summed E-state index contributed by atoms with van der Waals surface area (Å²) in [6, 6.07) is 14.9. The smallest absolute Gasteiger partial charge is 0.159 e. The second kappa shape index (κ2) is 5.85. The fraction of sp³-hybridized carbons (Fsp3) is 0.350. The molecule has 0 saturated carbocycles. The highest BCUT2D eigenvalue weighted by molar-refractivity contribution is 5.94. The summed E-state index contributed by atoms with van der Waals surface area (Å²) in [6.45, 7) is 10.3. The predicted octanol–water partition coefficient (Wildman–Crippen LogP) is 5.09. The van der Waals surface area contributed by atoms with Crippen molar-refractivity contribution in [3.8, 4) is 0 Å². The molecule has 2 aromatic carbocycles. The van der Waals surface area contributed by atoms with Crippen molar-refractivity contribution in [3.05, 3.63) is 70.3 Å². The number of carbonyl (C=O) groups is 1. The lowest BCUT2D eigenvalue weighted by atomic mass is 9.86. The van der Waals surface area contributed by atoms with Crippen molar-refractivity contribution in [2.24, 2.45) is 0 Å². The zero-order valence-electron chi connectivity index (χ0n) is 13.7. The molecular formula is C20H24O. The molecule has 0 bridgehead atoms. The first-order chi connectivity index (χ1) is 9.75. The van der Waals surface area contributed by atoms with E-state index in [4.69, 9.17) is 0 Å². The Labute approximate surface area is 128 Å². The topological polar surface area (TPSA) is 17.1 Å². The molecule has 2 rings (SSSR count). The first-order valence-electron chi connectivity index (χ1n) is 7.46. The molecule has 0 spiro atoms. The Morgan fingerprint density at radius 2 is 1.57 bits per heavy atom. The number of rotatable bonds is 3. The van der Waals surface area contributed by atoms with E-state index >= 15 is 0 Å². The van der Waals surface area contributed by atoms with Crippen LogP contribution in [0.25, 0.3) is 0 Å². The summed E-state index contributed by atoms with van der Waals surface area (Å²) in [4.78, 5) is 11.6. The van der Waals surface area contributed by atoms with Gasteiger partial charge in [0, 0.05) is 5.56 Å². The van der Waals surface area contributed by atoms with E-state index in [-0.39, 0.29) is 11.2 Å². The molecule has 0 aliphatic carbocycles. The Kier molecular flexibility index (Phi) is 4.32. The van der Waals surface area contributed by atoms with Gasteiger partial charge in [-0.25, -0.2) is 0 Å². The SMILES string of the molecule is CC(=O)c1cc(C)cc(Cc2ccc(C(C)(C)C)cc2)c1. The van der Waals surface area contributed by atoms with Crippen molar-refractivity contribution < 1.29 is 4.79 Å². The van der Waals surface area contributed by atoms with Crippen molar-refractivity contribution in [2.45, 2.75) is 46.5 Å². The lowest BCUT2D eigenvalue weighted by Gasteiger charge is -2.19. The predicted molar refractivity (Wildman–Crippen MR) is 89.1 cm³/mol. The maximum absolute atomic E-state index is 11.6. The first-order valence-corrected chi connectivity index (χ1v) is 7.46. The third kappa shape index (κ3) is 4.04. The molecule has 0 radical (unpaired) electrons. The van der Waals surface area contributed by atoms with Crippen LogP contribution in [0.5, 0.6) is 0 Å². The van der Waals surface area contributed by atoms with Crippen molar-refractivity contribution in [2.75, 3.05) is 0 Å². The van der Waals surface area contributed by atoms with Crippen LogP contribution in [0, 0.1) is 6.92 Å². The van der Waals surface area contributed by atoms with Gasteiger partial charge in [-0.1, -0.05) is 56.7 Å². The van der Waals surface area contributed by atoms with Crippen LogP contribution >= 0.6 is 0 Å². The summed E-state index contributed by atoms with van der Waals surface area (Å²) in [7, 11) is 0. The number of hydrogen-bond acceptors (Lipinski definition) is 1. The molecule has 0 saturated heterocycles. The summed E-state index contributed by atoms with van der Waals surface area (Å²) < 4.78 is 0. The fourth-order valence-corrected chi connectivity index (χ4v) is 2.53. The van der Waals surface area contributed by atoms with Crippen LogP contribution in [0.4, 0.5) is 0 Å². The molecule has 0 fully saturated rings. The summed E-state index contributed by atoms with van der Waals surface area (Å²) in [6.07, 6.45) is 0.867. The number of carbonyl (C=O) groups excluding carboxylic acids is 1. The number of benzene rings is 2. The minimum atomic E-state index is 0.128. The molecular weight excluding hydrogens is 256 g/mol. The standard InChI is InChI=1S/C20H24O/c1-14-10-17(13-18(11-14)15(2)21)12-16-6-8-19(9-7-16)20(3,4)5/h6-11,13H,12H2,1-5H3. The zero-order chi connectivity index (χ0) is 15.6. The van der Waals surface area contributed by atoms with Crippen molar-refractivity contribution in [1.82, 2.24) is 0 Å². The van der Waals surface area contributed by atoms with Gasteiger partial charge in [0.1, 0.15) is 0 Å². The Balaban J connectivity index is 2.24. The van der Waals surface area contributed by atoms with Gasteiger partial charge in [0.05, 0.1) is 0 Å². The molecule has 0 heterocycles. The Morgan fingerprint density at radius 1 is 0.952 bits per heavy atom. The van der Waals surface area contributed by atoms with E-state index in [1.807, 2.05) is 19.1 Å². The van der Waals surface area contributed by atoms with Crippen molar-refractivity contribution >= 4 is 5.78 Å². The van der Waals surface area contributed by atoms with Crippen molar-refractivity contribution in [1.29, 1.82) is 0 Å². The highest BCUT2D eigenvalue weighted by Crippen LogP contribution is 2.23. The molecule has 1 nitrogen and oxygen atoms in total. The van der Waals surface area contributed by atoms with E-state index in [1.165, 1.54) is 16.7 Å². The van der Waals surface area contributed by atoms with Crippen LogP contribution < -0.4 is 0 Å². The van der Waals surface area contributed by atoms with E-state index in [9.17, 15) is 4.79 Å². The lowest BCUT2D eigenvalue weighted by Crippen LogP contribution is -2.10. The summed E-state index contributed by atoms with van der Waals surface area (Å²) >= 11 is 0. The summed E-state index contributed by atoms with van der Waals surface area (Å²) in [5.74, 6) is 0.128. The van der Waals surface area contributed by atoms with Gasteiger partial charge in [-0.15, -0.1) is 0 Å². The molecule has 0 N–H and O–H groups in total. The van der Waals surface area contributed by atoms with Crippen LogP contribution in [0.15, 0.2) is 42.5 Å². The maximum Gasteiger partial charge on any atom is 0.159 e. The number of hydrogen-bond donors (Lipinski definition) is 0. The molecule has 110 valence electrons. The Hall–Kier alpha value is -1.89. The molecule has 0 amide bonds. The molecule has 21 heavy (non-hydrogen) atoms. The second-order valence-corrected chi connectivity index (χ2v) is 6.89. The molecule has 0 aromatic heterocycles. The lowest BCUT2D eigenvalue weighted by molar-refractivity contribution is 0.101. The summed E-state index contributed by atoms with van der Waals surface area (Å²) in [5.41, 5.74) is 5.95. The normalized spacial score (nSPS) is 11.5. The minimum Gasteiger partial charge on any atom is -0.295 e. The fourth-order valence-electron chi connectivity index (χ4n) is 2.53. The van der Waals surface area contributed by atoms with Crippen LogP contribution in [0.2, 0.25) is 0 Å². The van der Waals surface area contributed by atoms with E-state index in [0.717, 1.165) is 17.5 Å². The average Bonchev–Trinajstić information content (AvgIpc) is 2.37. The van der Waals surface area contributed by atoms with E-state index < -0.39 is 0 Å². The number of Topliss-reactive ketones (excluding diaryl/α,β-unsaturated/α-hetero) is 1. The van der Waals surface area contributed by atoms with Gasteiger partial charge in [0.25, 0.3) is 0 Å². The van der Waals surface area contributed by atoms with Gasteiger partial charge in [0.15, 0.2) is 5.78 Å². The number of ketones is 1. The number of aryl methyl sites for hydroxylation is 1. The van der Waals surface area contributed by atoms with Crippen molar-refractivity contribution in [3.63, 3.8) is 0 Å². The molecule has 1 heteroatoms. The van der Waals surface area contributed by atoms with E-state index in [0.29, 0.717) is 0 Å². The second-order valence-electron chi connectivity index (χ2n) is 6.89. The van der Waals surface area contributed by atoms with Crippen LogP contribution in [-0.4, -0.2) is 5.78 Å². The van der Waals surface area contributed by atoms with E-state index in [2.05, 4.69) is 51.1 Å². The Bertz CT molecular complexity index is 643. The van der Waals surface area contributed by atoms with Gasteiger partial charge in [-0.05, 0) is 54.5 Å². The third-order valence-electron chi connectivity index (χ3n) is 3.77. The highest BCUT2D eigenvalue weighted by Gasteiger charge is 2.13. The van der Waals surface area contributed by atoms with Gasteiger partial charge in [-0.2, -0.15) is 0 Å². The van der Waals surface area contributed by atoms with E-state index in [1.54, 1.807) is 6.92 Å². The molecule has 0 aliphatic heterocycles. The summed E-state index contributed by atoms with van der Waals surface area (Å²) in [5, 5.41) is 0. The maximum atomic E-state index is 11.6. The van der Waals surface area contributed by atoms with Gasteiger partial charge >= 0.3 is 0 Å². The first kappa shape index (κ1) is 15.5. The highest BCUT2D eigenvalue weighted by atomic mass is 16.1. The quantitative estimate of drug-likeness (QED) is 0.716. The van der Waals surface area contributed by atoms with Crippen LogP contribution in [0.1, 0.15) is 60.3 Å². The van der Waals surface area contributed by atoms with Gasteiger partial charge in [0.2, 0.25) is 0 Å². The third-order valence-corrected chi connectivity index (χ3v) is 3.77. The molecule has 0 aliphatic rings. The molecule has 0 atom stereocenters. The molecule has 0 unspecified atom stereocenters. The van der Waals surface area contributed by atoms with Gasteiger partial charge < -0.3 is 0 Å². The molecule has 2 aromatic rings. The Morgan fingerprint density at radius 3 is 2.10 bits per heavy atom. The van der Waals surface area contributed by atoms with Crippen LogP contribution in [-0.2, 0) is 11.8 Å². The monoisotopic (exact) mass is 280 g/mol. The average molecular weight is 280 g/mol. The zero-order valence-corrected chi connectivity index (χ0v) is 13.7. The van der Waals surface area contributed by atoms with Crippen LogP contribution in [0.3, 0.4) is 0 Å².